The van der Waals surface area contributed by atoms with Crippen molar-refractivity contribution in [2.75, 3.05) is 0 Å². The van der Waals surface area contributed by atoms with Gasteiger partial charge in [-0.05, 0) is 12.5 Å². The average molecular weight is 166 g/mol. The Bertz CT molecular complexity index is 223. The Balaban J connectivity index is 2.59. The standard InChI is InChI=1S/C9H14N2O/c1-7(10)12-9(11)8-5-3-2-4-6-8/h2-7,9H,10-11H2,1H3. The van der Waals surface area contributed by atoms with Gasteiger partial charge in [0.05, 0.1) is 0 Å². The summed E-state index contributed by atoms with van der Waals surface area (Å²) < 4.78 is 5.19. The number of nitrogens with two attached hydrogens (primary N) is 2. The van der Waals surface area contributed by atoms with Crippen LogP contribution >= 0.6 is 0 Å². The molecule has 0 radical (unpaired) electrons. The van der Waals surface area contributed by atoms with Crippen LogP contribution in [0.15, 0.2) is 30.3 Å². The van der Waals surface area contributed by atoms with Gasteiger partial charge in [0.2, 0.25) is 0 Å². The van der Waals surface area contributed by atoms with E-state index in [1.807, 2.05) is 30.3 Å². The Morgan fingerprint density at radius 1 is 1.17 bits per heavy atom. The molecule has 0 amide bonds. The van der Waals surface area contributed by atoms with E-state index in [1.54, 1.807) is 6.92 Å². The average Bonchev–Trinajstić information content (AvgIpc) is 2.05. The van der Waals surface area contributed by atoms with E-state index in [0.29, 0.717) is 0 Å². The van der Waals surface area contributed by atoms with Crippen molar-refractivity contribution in [3.63, 3.8) is 0 Å². The van der Waals surface area contributed by atoms with Gasteiger partial charge in [0.15, 0.2) is 0 Å². The highest BCUT2D eigenvalue weighted by atomic mass is 16.5. The largest absolute Gasteiger partial charge is 0.342 e. The molecular weight excluding hydrogens is 152 g/mol. The van der Waals surface area contributed by atoms with E-state index in [-0.39, 0.29) is 6.23 Å². The van der Waals surface area contributed by atoms with Crippen molar-refractivity contribution in [3.05, 3.63) is 35.9 Å². The fraction of sp³-hybridized carbons (Fsp3) is 0.333. The zero-order valence-corrected chi connectivity index (χ0v) is 7.10. The second-order valence-electron chi connectivity index (χ2n) is 2.67. The number of benzene rings is 1. The molecule has 1 aromatic rings. The van der Waals surface area contributed by atoms with Crippen LogP contribution in [0.25, 0.3) is 0 Å². The zero-order valence-electron chi connectivity index (χ0n) is 7.10. The van der Waals surface area contributed by atoms with Gasteiger partial charge in [-0.2, -0.15) is 0 Å². The van der Waals surface area contributed by atoms with E-state index in [4.69, 9.17) is 16.2 Å². The lowest BCUT2D eigenvalue weighted by Crippen LogP contribution is -2.26. The van der Waals surface area contributed by atoms with Crippen LogP contribution in [0.2, 0.25) is 0 Å². The summed E-state index contributed by atoms with van der Waals surface area (Å²) in [5, 5.41) is 0. The number of rotatable bonds is 3. The molecule has 0 heterocycles. The van der Waals surface area contributed by atoms with Crippen molar-refractivity contribution in [2.24, 2.45) is 11.5 Å². The molecule has 0 saturated heterocycles. The molecule has 0 aliphatic heterocycles. The van der Waals surface area contributed by atoms with E-state index < -0.39 is 6.23 Å². The summed E-state index contributed by atoms with van der Waals surface area (Å²) in [6.45, 7) is 1.75. The van der Waals surface area contributed by atoms with Crippen molar-refractivity contribution in [1.29, 1.82) is 0 Å². The topological polar surface area (TPSA) is 61.3 Å². The Kier molecular flexibility index (Phi) is 3.22. The molecule has 1 aromatic carbocycles. The first kappa shape index (κ1) is 9.19. The maximum atomic E-state index is 5.69. The molecule has 0 spiro atoms. The molecule has 0 fully saturated rings. The summed E-state index contributed by atoms with van der Waals surface area (Å²) >= 11 is 0. The number of ether oxygens (including phenoxy) is 1. The summed E-state index contributed by atoms with van der Waals surface area (Å²) in [5.74, 6) is 0. The van der Waals surface area contributed by atoms with Crippen molar-refractivity contribution < 1.29 is 4.74 Å². The fourth-order valence-corrected chi connectivity index (χ4v) is 0.953. The lowest BCUT2D eigenvalue weighted by atomic mass is 10.2. The van der Waals surface area contributed by atoms with E-state index >= 15 is 0 Å². The van der Waals surface area contributed by atoms with Crippen molar-refractivity contribution in [1.82, 2.24) is 0 Å². The van der Waals surface area contributed by atoms with E-state index in [0.717, 1.165) is 5.56 Å². The lowest BCUT2D eigenvalue weighted by Gasteiger charge is -2.15. The molecule has 3 nitrogen and oxygen atoms in total. The van der Waals surface area contributed by atoms with Crippen LogP contribution in [0.3, 0.4) is 0 Å². The molecule has 0 aliphatic carbocycles. The first-order valence-corrected chi connectivity index (χ1v) is 3.91. The van der Waals surface area contributed by atoms with Gasteiger partial charge in [-0.1, -0.05) is 30.3 Å². The van der Waals surface area contributed by atoms with Crippen LogP contribution in [0.4, 0.5) is 0 Å². The normalized spacial score (nSPS) is 15.6. The Morgan fingerprint density at radius 3 is 2.25 bits per heavy atom. The predicted molar refractivity (Wildman–Crippen MR) is 48.1 cm³/mol. The van der Waals surface area contributed by atoms with Gasteiger partial charge in [0.1, 0.15) is 12.5 Å². The van der Waals surface area contributed by atoms with Crippen LogP contribution in [0, 0.1) is 0 Å². The van der Waals surface area contributed by atoms with Gasteiger partial charge >= 0.3 is 0 Å². The van der Waals surface area contributed by atoms with Gasteiger partial charge < -0.3 is 16.2 Å². The monoisotopic (exact) mass is 166 g/mol. The van der Waals surface area contributed by atoms with Gasteiger partial charge in [-0.15, -0.1) is 0 Å². The predicted octanol–water partition coefficient (Wildman–Crippen LogP) is 0.965. The SMILES string of the molecule is CC(N)OC(N)c1ccccc1. The molecule has 0 aliphatic rings. The molecular formula is C9H14N2O. The maximum Gasteiger partial charge on any atom is 0.133 e. The number of hydrogen-bond donors (Lipinski definition) is 2. The van der Waals surface area contributed by atoms with Gasteiger partial charge in [-0.3, -0.25) is 0 Å². The van der Waals surface area contributed by atoms with Crippen molar-refractivity contribution in [3.8, 4) is 0 Å². The second kappa shape index (κ2) is 4.21. The molecule has 12 heavy (non-hydrogen) atoms. The third kappa shape index (κ3) is 2.62. The Hall–Kier alpha value is -0.900. The van der Waals surface area contributed by atoms with Gasteiger partial charge in [0, 0.05) is 0 Å². The maximum absolute atomic E-state index is 5.69. The van der Waals surface area contributed by atoms with Gasteiger partial charge in [-0.25, -0.2) is 0 Å². The highest BCUT2D eigenvalue weighted by molar-refractivity contribution is 5.16. The fourth-order valence-electron chi connectivity index (χ4n) is 0.953. The first-order chi connectivity index (χ1) is 5.70. The van der Waals surface area contributed by atoms with E-state index in [9.17, 15) is 0 Å². The lowest BCUT2D eigenvalue weighted by molar-refractivity contribution is 0.00380. The smallest absolute Gasteiger partial charge is 0.133 e. The second-order valence-corrected chi connectivity index (χ2v) is 2.67. The van der Waals surface area contributed by atoms with Crippen LogP contribution in [0.5, 0.6) is 0 Å². The highest BCUT2D eigenvalue weighted by Gasteiger charge is 2.06. The third-order valence-electron chi connectivity index (χ3n) is 1.49. The summed E-state index contributed by atoms with van der Waals surface area (Å²) in [6.07, 6.45) is -0.758. The summed E-state index contributed by atoms with van der Waals surface area (Å²) in [5.41, 5.74) is 12.1. The minimum atomic E-state index is -0.425. The van der Waals surface area contributed by atoms with E-state index in [2.05, 4.69) is 0 Å². The Labute approximate surface area is 72.3 Å². The molecule has 0 aromatic heterocycles. The third-order valence-corrected chi connectivity index (χ3v) is 1.49. The molecule has 2 unspecified atom stereocenters. The molecule has 2 atom stereocenters. The molecule has 4 N–H and O–H groups in total. The van der Waals surface area contributed by atoms with Crippen molar-refractivity contribution >= 4 is 0 Å². The zero-order chi connectivity index (χ0) is 8.97. The minimum Gasteiger partial charge on any atom is -0.342 e. The minimum absolute atomic E-state index is 0.333. The quantitative estimate of drug-likeness (QED) is 0.657. The van der Waals surface area contributed by atoms with Crippen LogP contribution in [-0.4, -0.2) is 6.23 Å². The van der Waals surface area contributed by atoms with Crippen LogP contribution in [0.1, 0.15) is 18.7 Å². The van der Waals surface area contributed by atoms with Crippen LogP contribution in [-0.2, 0) is 4.74 Å². The summed E-state index contributed by atoms with van der Waals surface area (Å²) in [7, 11) is 0. The summed E-state index contributed by atoms with van der Waals surface area (Å²) in [4.78, 5) is 0. The van der Waals surface area contributed by atoms with Gasteiger partial charge in [0.25, 0.3) is 0 Å². The van der Waals surface area contributed by atoms with Crippen LogP contribution < -0.4 is 11.5 Å². The molecule has 3 heteroatoms. The van der Waals surface area contributed by atoms with E-state index in [1.165, 1.54) is 0 Å². The number of hydrogen-bond acceptors (Lipinski definition) is 3. The highest BCUT2D eigenvalue weighted by Crippen LogP contribution is 2.10. The molecule has 0 bridgehead atoms. The van der Waals surface area contributed by atoms with Crippen molar-refractivity contribution in [2.45, 2.75) is 19.4 Å². The molecule has 66 valence electrons. The Morgan fingerprint density at radius 2 is 1.75 bits per heavy atom. The molecule has 1 rings (SSSR count). The molecule has 0 saturated carbocycles. The summed E-state index contributed by atoms with van der Waals surface area (Å²) in [6, 6.07) is 9.58. The first-order valence-electron chi connectivity index (χ1n) is 3.91.